The number of sulfonamides is 1. The summed E-state index contributed by atoms with van der Waals surface area (Å²) in [6, 6.07) is 14.3. The Bertz CT molecular complexity index is 1120. The number of hydrogen-bond acceptors (Lipinski definition) is 4. The van der Waals surface area contributed by atoms with E-state index in [-0.39, 0.29) is 12.5 Å². The SMILES string of the molecule is CCC(C(=O)NC(C)(C)C)N(CCc1ccccc1)C(=O)CN(c1ccc(C)c(C)c1)S(C)(=O)=O. The van der Waals surface area contributed by atoms with Gasteiger partial charge in [0.15, 0.2) is 0 Å². The highest BCUT2D eigenvalue weighted by Gasteiger charge is 2.32. The second-order valence-electron chi connectivity index (χ2n) is 10.0. The molecule has 1 atom stereocenters. The average Bonchev–Trinajstić information content (AvgIpc) is 2.75. The van der Waals surface area contributed by atoms with Gasteiger partial charge in [-0.2, -0.15) is 0 Å². The number of nitrogens with zero attached hydrogens (tertiary/aromatic N) is 2. The van der Waals surface area contributed by atoms with Crippen molar-refractivity contribution >= 4 is 27.5 Å². The Hall–Kier alpha value is -2.87. The molecule has 2 rings (SSSR count). The van der Waals surface area contributed by atoms with E-state index in [1.165, 1.54) is 4.90 Å². The number of carbonyl (C=O) groups excluding carboxylic acids is 2. The summed E-state index contributed by atoms with van der Waals surface area (Å²) in [7, 11) is -3.74. The van der Waals surface area contributed by atoms with Crippen LogP contribution < -0.4 is 9.62 Å². The maximum atomic E-state index is 13.7. The van der Waals surface area contributed by atoms with Gasteiger partial charge in [-0.05, 0) is 76.3 Å². The minimum Gasteiger partial charge on any atom is -0.350 e. The zero-order valence-electron chi connectivity index (χ0n) is 22.0. The van der Waals surface area contributed by atoms with Gasteiger partial charge in [0.25, 0.3) is 0 Å². The van der Waals surface area contributed by atoms with E-state index in [1.54, 1.807) is 12.1 Å². The van der Waals surface area contributed by atoms with Crippen LogP contribution in [-0.2, 0) is 26.0 Å². The van der Waals surface area contributed by atoms with Gasteiger partial charge >= 0.3 is 0 Å². The largest absolute Gasteiger partial charge is 0.350 e. The number of benzene rings is 2. The van der Waals surface area contributed by atoms with Crippen LogP contribution in [0.3, 0.4) is 0 Å². The molecular weight excluding hydrogens is 462 g/mol. The summed E-state index contributed by atoms with van der Waals surface area (Å²) in [5.41, 5.74) is 2.96. The Kier molecular flexibility index (Phi) is 9.49. The van der Waals surface area contributed by atoms with Crippen molar-refractivity contribution in [2.24, 2.45) is 0 Å². The zero-order valence-corrected chi connectivity index (χ0v) is 22.8. The van der Waals surface area contributed by atoms with Crippen molar-refractivity contribution in [2.75, 3.05) is 23.7 Å². The molecule has 7 nitrogen and oxygen atoms in total. The second kappa shape index (κ2) is 11.7. The number of rotatable bonds is 10. The van der Waals surface area contributed by atoms with Gasteiger partial charge in [-0.3, -0.25) is 13.9 Å². The van der Waals surface area contributed by atoms with Crippen molar-refractivity contribution in [2.45, 2.75) is 66.0 Å². The molecule has 0 saturated carbocycles. The quantitative estimate of drug-likeness (QED) is 0.536. The maximum absolute atomic E-state index is 13.7. The van der Waals surface area contributed by atoms with Gasteiger partial charge in [0, 0.05) is 12.1 Å². The molecule has 0 spiro atoms. The Morgan fingerprint density at radius 2 is 1.63 bits per heavy atom. The lowest BCUT2D eigenvalue weighted by molar-refractivity contribution is -0.140. The molecule has 35 heavy (non-hydrogen) atoms. The van der Waals surface area contributed by atoms with Crippen LogP contribution in [0.4, 0.5) is 5.69 Å². The Morgan fingerprint density at radius 3 is 2.14 bits per heavy atom. The highest BCUT2D eigenvalue weighted by molar-refractivity contribution is 7.92. The molecule has 0 saturated heterocycles. The molecule has 8 heteroatoms. The molecule has 192 valence electrons. The lowest BCUT2D eigenvalue weighted by Crippen LogP contribution is -2.56. The molecule has 0 fully saturated rings. The summed E-state index contributed by atoms with van der Waals surface area (Å²) >= 11 is 0. The molecule has 0 aliphatic heterocycles. The van der Waals surface area contributed by atoms with Crippen molar-refractivity contribution in [1.29, 1.82) is 0 Å². The highest BCUT2D eigenvalue weighted by atomic mass is 32.2. The van der Waals surface area contributed by atoms with E-state index >= 15 is 0 Å². The fourth-order valence-corrected chi connectivity index (χ4v) is 4.68. The van der Waals surface area contributed by atoms with Crippen molar-refractivity contribution in [3.8, 4) is 0 Å². The Labute approximate surface area is 210 Å². The van der Waals surface area contributed by atoms with Crippen molar-refractivity contribution in [1.82, 2.24) is 10.2 Å². The fraction of sp³-hybridized carbons (Fsp3) is 0.481. The van der Waals surface area contributed by atoms with Gasteiger partial charge in [-0.25, -0.2) is 8.42 Å². The monoisotopic (exact) mass is 501 g/mol. The van der Waals surface area contributed by atoms with Crippen LogP contribution in [0, 0.1) is 13.8 Å². The van der Waals surface area contributed by atoms with Gasteiger partial charge in [-0.1, -0.05) is 43.3 Å². The van der Waals surface area contributed by atoms with Gasteiger partial charge in [-0.15, -0.1) is 0 Å². The molecule has 0 aliphatic carbocycles. The summed E-state index contributed by atoms with van der Waals surface area (Å²) in [6.45, 7) is 11.3. The molecule has 0 bridgehead atoms. The Balaban J connectivity index is 2.40. The van der Waals surface area contributed by atoms with Crippen LogP contribution in [0.2, 0.25) is 0 Å². The highest BCUT2D eigenvalue weighted by Crippen LogP contribution is 2.22. The van der Waals surface area contributed by atoms with E-state index in [0.717, 1.165) is 27.3 Å². The number of hydrogen-bond donors (Lipinski definition) is 1. The summed E-state index contributed by atoms with van der Waals surface area (Å²) in [4.78, 5) is 28.3. The second-order valence-corrected chi connectivity index (χ2v) is 11.9. The lowest BCUT2D eigenvalue weighted by Gasteiger charge is -2.34. The van der Waals surface area contributed by atoms with E-state index in [9.17, 15) is 18.0 Å². The van der Waals surface area contributed by atoms with Crippen LogP contribution in [0.5, 0.6) is 0 Å². The third kappa shape index (κ3) is 8.38. The fourth-order valence-electron chi connectivity index (χ4n) is 3.84. The first-order valence-corrected chi connectivity index (χ1v) is 13.8. The van der Waals surface area contributed by atoms with Gasteiger partial charge in [0.2, 0.25) is 21.8 Å². The summed E-state index contributed by atoms with van der Waals surface area (Å²) in [6.07, 6.45) is 2.05. The molecule has 2 aromatic carbocycles. The summed E-state index contributed by atoms with van der Waals surface area (Å²) in [5.74, 6) is -0.668. The van der Waals surface area contributed by atoms with E-state index < -0.39 is 27.5 Å². The molecule has 0 radical (unpaired) electrons. The first kappa shape index (κ1) is 28.4. The third-order valence-corrected chi connectivity index (χ3v) is 6.97. The molecular formula is C27H39N3O4S. The van der Waals surface area contributed by atoms with E-state index in [0.29, 0.717) is 25.1 Å². The minimum atomic E-state index is -3.74. The van der Waals surface area contributed by atoms with Crippen molar-refractivity contribution in [3.63, 3.8) is 0 Å². The minimum absolute atomic E-state index is 0.251. The zero-order chi connectivity index (χ0) is 26.4. The van der Waals surface area contributed by atoms with Gasteiger partial charge < -0.3 is 10.2 Å². The van der Waals surface area contributed by atoms with E-state index in [4.69, 9.17) is 0 Å². The molecule has 2 aromatic rings. The number of anilines is 1. The molecule has 0 aromatic heterocycles. The maximum Gasteiger partial charge on any atom is 0.244 e. The van der Waals surface area contributed by atoms with Crippen LogP contribution in [0.1, 0.15) is 50.8 Å². The smallest absolute Gasteiger partial charge is 0.244 e. The molecule has 2 amide bonds. The van der Waals surface area contributed by atoms with Crippen LogP contribution in [0.25, 0.3) is 0 Å². The number of aryl methyl sites for hydroxylation is 2. The van der Waals surface area contributed by atoms with Gasteiger partial charge in [0.1, 0.15) is 12.6 Å². The first-order chi connectivity index (χ1) is 16.2. The number of carbonyl (C=O) groups is 2. The normalized spacial score (nSPS) is 12.7. The summed E-state index contributed by atoms with van der Waals surface area (Å²) < 4.78 is 26.5. The molecule has 1 unspecified atom stereocenters. The molecule has 0 aliphatic rings. The molecule has 0 heterocycles. The third-order valence-electron chi connectivity index (χ3n) is 5.83. The average molecular weight is 502 g/mol. The Morgan fingerprint density at radius 1 is 1.00 bits per heavy atom. The molecule has 1 N–H and O–H groups in total. The van der Waals surface area contributed by atoms with Crippen molar-refractivity contribution < 1.29 is 18.0 Å². The predicted molar refractivity (Wildman–Crippen MR) is 142 cm³/mol. The number of amides is 2. The standard InChI is InChI=1S/C27H39N3O4S/c1-8-24(26(32)28-27(4,5)6)29(17-16-22-12-10-9-11-13-22)25(31)19-30(35(7,33)34)23-15-14-20(2)21(3)18-23/h9-15,18,24H,8,16-17,19H2,1-7H3,(H,28,32). The summed E-state index contributed by atoms with van der Waals surface area (Å²) in [5, 5.41) is 2.97. The van der Waals surface area contributed by atoms with Crippen LogP contribution in [0.15, 0.2) is 48.5 Å². The first-order valence-electron chi connectivity index (χ1n) is 11.9. The van der Waals surface area contributed by atoms with Crippen LogP contribution in [-0.4, -0.2) is 56.1 Å². The van der Waals surface area contributed by atoms with E-state index in [1.807, 2.05) is 77.9 Å². The van der Waals surface area contributed by atoms with Crippen LogP contribution >= 0.6 is 0 Å². The predicted octanol–water partition coefficient (Wildman–Crippen LogP) is 3.83. The van der Waals surface area contributed by atoms with Gasteiger partial charge in [0.05, 0.1) is 11.9 Å². The van der Waals surface area contributed by atoms with E-state index in [2.05, 4.69) is 5.32 Å². The topological polar surface area (TPSA) is 86.8 Å². The lowest BCUT2D eigenvalue weighted by atomic mass is 10.1. The number of nitrogens with one attached hydrogen (secondary N) is 1. The van der Waals surface area contributed by atoms with Crippen molar-refractivity contribution in [3.05, 3.63) is 65.2 Å².